The van der Waals surface area contributed by atoms with E-state index in [0.29, 0.717) is 21.1 Å². The van der Waals surface area contributed by atoms with Crippen molar-refractivity contribution in [2.45, 2.75) is 55.3 Å². The number of thiophene rings is 1. The summed E-state index contributed by atoms with van der Waals surface area (Å²) in [5.74, 6) is 0. The van der Waals surface area contributed by atoms with Gasteiger partial charge < -0.3 is 5.32 Å². The maximum absolute atomic E-state index is 13.0. The van der Waals surface area contributed by atoms with E-state index in [2.05, 4.69) is 5.32 Å². The molecule has 2 atom stereocenters. The van der Waals surface area contributed by atoms with Crippen molar-refractivity contribution in [3.8, 4) is 0 Å². The Morgan fingerprint density at radius 3 is 2.76 bits per heavy atom. The molecule has 2 saturated heterocycles. The van der Waals surface area contributed by atoms with Gasteiger partial charge >= 0.3 is 0 Å². The number of sulfonamides is 1. The molecular weight excluding hydrogens is 328 g/mol. The normalized spacial score (nSPS) is 28.1. The summed E-state index contributed by atoms with van der Waals surface area (Å²) in [5.41, 5.74) is 0.841. The number of rotatable bonds is 3. The van der Waals surface area contributed by atoms with Gasteiger partial charge in [-0.15, -0.1) is 11.3 Å². The third-order valence-electron chi connectivity index (χ3n) is 4.46. The van der Waals surface area contributed by atoms with Crippen LogP contribution in [-0.4, -0.2) is 37.9 Å². The minimum atomic E-state index is -3.42. The van der Waals surface area contributed by atoms with Crippen molar-refractivity contribution < 1.29 is 8.42 Å². The zero-order valence-corrected chi connectivity index (χ0v) is 14.5. The van der Waals surface area contributed by atoms with Gasteiger partial charge in [-0.05, 0) is 50.8 Å². The predicted molar refractivity (Wildman–Crippen MR) is 86.6 cm³/mol. The van der Waals surface area contributed by atoms with Crippen LogP contribution >= 0.6 is 22.9 Å². The first-order valence-electron chi connectivity index (χ1n) is 7.51. The van der Waals surface area contributed by atoms with E-state index in [1.807, 2.05) is 6.92 Å². The number of nitrogens with zero attached hydrogens (tertiary/aromatic N) is 1. The fourth-order valence-electron chi connectivity index (χ4n) is 3.35. The van der Waals surface area contributed by atoms with Crippen molar-refractivity contribution >= 4 is 33.0 Å². The third kappa shape index (κ3) is 3.01. The van der Waals surface area contributed by atoms with E-state index in [-0.39, 0.29) is 6.04 Å². The van der Waals surface area contributed by atoms with Gasteiger partial charge in [0.05, 0.1) is 4.34 Å². The first-order chi connectivity index (χ1) is 10.00. The number of aryl methyl sites for hydroxylation is 1. The Hall–Kier alpha value is -0.140. The fraction of sp³-hybridized carbons (Fsp3) is 0.714. The van der Waals surface area contributed by atoms with Crippen LogP contribution in [0.5, 0.6) is 0 Å². The van der Waals surface area contributed by atoms with E-state index in [0.717, 1.165) is 44.2 Å². The molecule has 21 heavy (non-hydrogen) atoms. The summed E-state index contributed by atoms with van der Waals surface area (Å²) in [6.07, 6.45) is 5.22. The van der Waals surface area contributed by atoms with Gasteiger partial charge in [0.15, 0.2) is 0 Å². The van der Waals surface area contributed by atoms with E-state index < -0.39 is 10.0 Å². The summed E-state index contributed by atoms with van der Waals surface area (Å²) < 4.78 is 28.6. The fourth-order valence-corrected chi connectivity index (χ4v) is 6.91. The van der Waals surface area contributed by atoms with E-state index in [4.69, 9.17) is 11.6 Å². The maximum atomic E-state index is 13.0. The Labute approximate surface area is 135 Å². The smallest absolute Gasteiger partial charge is 0.252 e. The van der Waals surface area contributed by atoms with Gasteiger partial charge in [-0.3, -0.25) is 0 Å². The summed E-state index contributed by atoms with van der Waals surface area (Å²) in [7, 11) is -3.42. The number of piperidine rings is 1. The Bertz CT molecular complexity index is 589. The van der Waals surface area contributed by atoms with Gasteiger partial charge in [0.1, 0.15) is 4.21 Å². The Kier molecular flexibility index (Phi) is 4.62. The second-order valence-electron chi connectivity index (χ2n) is 5.90. The van der Waals surface area contributed by atoms with E-state index >= 15 is 0 Å². The molecule has 118 valence electrons. The summed E-state index contributed by atoms with van der Waals surface area (Å²) >= 11 is 7.24. The molecule has 7 heteroatoms. The van der Waals surface area contributed by atoms with Crippen LogP contribution in [0, 0.1) is 6.92 Å². The summed E-state index contributed by atoms with van der Waals surface area (Å²) in [4.78, 5) is 0. The molecule has 4 nitrogen and oxygen atoms in total. The van der Waals surface area contributed by atoms with Gasteiger partial charge in [0.2, 0.25) is 0 Å². The van der Waals surface area contributed by atoms with Crippen LogP contribution in [0.3, 0.4) is 0 Å². The molecule has 1 aromatic heterocycles. The lowest BCUT2D eigenvalue weighted by Gasteiger charge is -2.37. The van der Waals surface area contributed by atoms with Crippen molar-refractivity contribution in [2.24, 2.45) is 0 Å². The topological polar surface area (TPSA) is 49.4 Å². The molecule has 1 aromatic rings. The van der Waals surface area contributed by atoms with Gasteiger partial charge in [-0.2, -0.15) is 4.31 Å². The number of hydrogen-bond acceptors (Lipinski definition) is 4. The molecule has 0 spiro atoms. The second kappa shape index (κ2) is 6.16. The monoisotopic (exact) mass is 348 g/mol. The van der Waals surface area contributed by atoms with Gasteiger partial charge in [-0.25, -0.2) is 8.42 Å². The molecule has 2 aliphatic rings. The lowest BCUT2D eigenvalue weighted by Crippen LogP contribution is -2.52. The van der Waals surface area contributed by atoms with Gasteiger partial charge in [0.25, 0.3) is 10.0 Å². The SMILES string of the molecule is Cc1cc(S(=O)(=O)N2CCCCC2C2CCCN2)sc1Cl. The highest BCUT2D eigenvalue weighted by atomic mass is 35.5. The minimum Gasteiger partial charge on any atom is -0.312 e. The first kappa shape index (κ1) is 15.7. The molecule has 1 N–H and O–H groups in total. The number of hydrogen-bond donors (Lipinski definition) is 1. The van der Waals surface area contributed by atoms with E-state index in [1.165, 1.54) is 11.3 Å². The number of nitrogens with one attached hydrogen (secondary N) is 1. The predicted octanol–water partition coefficient (Wildman–Crippen LogP) is 3.01. The Balaban J connectivity index is 1.91. The van der Waals surface area contributed by atoms with Crippen molar-refractivity contribution in [3.63, 3.8) is 0 Å². The molecule has 3 heterocycles. The molecule has 0 saturated carbocycles. The molecule has 2 fully saturated rings. The highest BCUT2D eigenvalue weighted by Crippen LogP contribution is 2.35. The highest BCUT2D eigenvalue weighted by Gasteiger charge is 2.39. The molecule has 0 aliphatic carbocycles. The highest BCUT2D eigenvalue weighted by molar-refractivity contribution is 7.91. The zero-order valence-electron chi connectivity index (χ0n) is 12.1. The zero-order chi connectivity index (χ0) is 15.0. The van der Waals surface area contributed by atoms with Crippen molar-refractivity contribution in [3.05, 3.63) is 16.0 Å². The summed E-state index contributed by atoms with van der Waals surface area (Å²) in [5, 5.41) is 3.47. The largest absolute Gasteiger partial charge is 0.312 e. The van der Waals surface area contributed by atoms with Crippen molar-refractivity contribution in [1.29, 1.82) is 0 Å². The second-order valence-corrected chi connectivity index (χ2v) is 9.68. The molecule has 0 bridgehead atoms. The van der Waals surface area contributed by atoms with Crippen LogP contribution in [0.4, 0.5) is 0 Å². The third-order valence-corrected chi connectivity index (χ3v) is 8.39. The Morgan fingerprint density at radius 1 is 1.33 bits per heavy atom. The maximum Gasteiger partial charge on any atom is 0.252 e. The van der Waals surface area contributed by atoms with Crippen LogP contribution in [0.15, 0.2) is 10.3 Å². The lowest BCUT2D eigenvalue weighted by molar-refractivity contribution is 0.211. The average Bonchev–Trinajstić information content (AvgIpc) is 3.10. The molecule has 0 aromatic carbocycles. The van der Waals surface area contributed by atoms with Crippen molar-refractivity contribution in [1.82, 2.24) is 9.62 Å². The van der Waals surface area contributed by atoms with E-state index in [9.17, 15) is 8.42 Å². The molecule has 0 amide bonds. The van der Waals surface area contributed by atoms with Crippen molar-refractivity contribution in [2.75, 3.05) is 13.1 Å². The van der Waals surface area contributed by atoms with Gasteiger partial charge in [-0.1, -0.05) is 18.0 Å². The minimum absolute atomic E-state index is 0.0902. The standard InChI is InChI=1S/C14H21ClN2O2S2/c1-10-9-13(20-14(10)15)21(18,19)17-8-3-2-6-12(17)11-5-4-7-16-11/h9,11-12,16H,2-8H2,1H3. The molecule has 0 radical (unpaired) electrons. The van der Waals surface area contributed by atoms with Crippen LogP contribution in [0.2, 0.25) is 4.34 Å². The lowest BCUT2D eigenvalue weighted by atomic mass is 9.97. The van der Waals surface area contributed by atoms with Crippen LogP contribution in [0.25, 0.3) is 0 Å². The number of halogens is 1. The van der Waals surface area contributed by atoms with Crippen LogP contribution in [-0.2, 0) is 10.0 Å². The van der Waals surface area contributed by atoms with Gasteiger partial charge in [0, 0.05) is 18.6 Å². The first-order valence-corrected chi connectivity index (χ1v) is 10.1. The summed E-state index contributed by atoms with van der Waals surface area (Å²) in [6.45, 7) is 3.48. The molecule has 2 aliphatic heterocycles. The molecule has 2 unspecified atom stereocenters. The summed E-state index contributed by atoms with van der Waals surface area (Å²) in [6, 6.07) is 2.10. The average molecular weight is 349 g/mol. The quantitative estimate of drug-likeness (QED) is 0.913. The molecule has 3 rings (SSSR count). The van der Waals surface area contributed by atoms with Crippen LogP contribution < -0.4 is 5.32 Å². The van der Waals surface area contributed by atoms with E-state index in [1.54, 1.807) is 10.4 Å². The van der Waals surface area contributed by atoms with Crippen LogP contribution in [0.1, 0.15) is 37.7 Å². The Morgan fingerprint density at radius 2 is 2.14 bits per heavy atom. The molecular formula is C14H21ClN2O2S2.